The summed E-state index contributed by atoms with van der Waals surface area (Å²) in [5, 5.41) is 11.5. The Morgan fingerprint density at radius 3 is 2.57 bits per heavy atom. The fourth-order valence-corrected chi connectivity index (χ4v) is 2.35. The summed E-state index contributed by atoms with van der Waals surface area (Å²) in [4.78, 5) is 36.5. The van der Waals surface area contributed by atoms with E-state index < -0.39 is 17.9 Å². The van der Waals surface area contributed by atoms with Gasteiger partial charge in [0.25, 0.3) is 5.91 Å². The standard InChI is InChI=1S/C15H18N2O4/c1-9(2)13(15(20)21)16-12(18)8-17-7-10-5-3-4-6-11(10)14(17)19/h3-6,9,13H,7-8H2,1-2H3,(H,16,18)(H,20,21)/t13-/m1/s1. The van der Waals surface area contributed by atoms with Crippen molar-refractivity contribution in [2.75, 3.05) is 6.54 Å². The molecule has 1 aliphatic rings. The molecule has 0 radical (unpaired) electrons. The van der Waals surface area contributed by atoms with Crippen LogP contribution in [0.5, 0.6) is 0 Å². The van der Waals surface area contributed by atoms with E-state index in [0.717, 1.165) is 5.56 Å². The van der Waals surface area contributed by atoms with Gasteiger partial charge in [-0.1, -0.05) is 32.0 Å². The zero-order valence-corrected chi connectivity index (χ0v) is 12.0. The second-order valence-electron chi connectivity index (χ2n) is 5.45. The highest BCUT2D eigenvalue weighted by atomic mass is 16.4. The summed E-state index contributed by atoms with van der Waals surface area (Å²) in [7, 11) is 0. The molecule has 0 aliphatic carbocycles. The molecule has 2 rings (SSSR count). The van der Waals surface area contributed by atoms with E-state index in [9.17, 15) is 14.4 Å². The van der Waals surface area contributed by atoms with Crippen molar-refractivity contribution in [1.82, 2.24) is 10.2 Å². The largest absolute Gasteiger partial charge is 0.480 e. The highest BCUT2D eigenvalue weighted by Crippen LogP contribution is 2.21. The van der Waals surface area contributed by atoms with E-state index in [-0.39, 0.29) is 18.4 Å². The molecule has 1 aromatic carbocycles. The molecule has 0 saturated carbocycles. The number of carbonyl (C=O) groups is 3. The van der Waals surface area contributed by atoms with Crippen molar-refractivity contribution in [3.8, 4) is 0 Å². The molecule has 1 atom stereocenters. The molecule has 2 N–H and O–H groups in total. The number of carboxylic acid groups (broad SMARTS) is 1. The molecule has 1 aromatic rings. The predicted molar refractivity (Wildman–Crippen MR) is 75.6 cm³/mol. The molecule has 1 aliphatic heterocycles. The Balaban J connectivity index is 1.99. The lowest BCUT2D eigenvalue weighted by atomic mass is 10.0. The lowest BCUT2D eigenvalue weighted by Crippen LogP contribution is -2.48. The average Bonchev–Trinajstić information content (AvgIpc) is 2.73. The number of hydrogen-bond acceptors (Lipinski definition) is 3. The van der Waals surface area contributed by atoms with Crippen LogP contribution in [0.4, 0.5) is 0 Å². The number of amides is 2. The first kappa shape index (κ1) is 15.0. The van der Waals surface area contributed by atoms with Crippen LogP contribution >= 0.6 is 0 Å². The molecule has 0 spiro atoms. The molecular weight excluding hydrogens is 272 g/mol. The lowest BCUT2D eigenvalue weighted by Gasteiger charge is -2.20. The summed E-state index contributed by atoms with van der Waals surface area (Å²) in [6.07, 6.45) is 0. The summed E-state index contributed by atoms with van der Waals surface area (Å²) in [5.74, 6) is -1.96. The minimum Gasteiger partial charge on any atom is -0.480 e. The van der Waals surface area contributed by atoms with Crippen LogP contribution < -0.4 is 5.32 Å². The highest BCUT2D eigenvalue weighted by Gasteiger charge is 2.30. The van der Waals surface area contributed by atoms with E-state index >= 15 is 0 Å². The van der Waals surface area contributed by atoms with Crippen molar-refractivity contribution in [2.45, 2.75) is 26.4 Å². The summed E-state index contributed by atoms with van der Waals surface area (Å²) < 4.78 is 0. The maximum absolute atomic E-state index is 12.1. The Bertz CT molecular complexity index is 583. The zero-order chi connectivity index (χ0) is 15.6. The molecule has 6 heteroatoms. The number of benzene rings is 1. The van der Waals surface area contributed by atoms with Gasteiger partial charge in [-0.2, -0.15) is 0 Å². The van der Waals surface area contributed by atoms with Crippen molar-refractivity contribution in [3.05, 3.63) is 35.4 Å². The summed E-state index contributed by atoms with van der Waals surface area (Å²) in [6, 6.07) is 6.25. The van der Waals surface area contributed by atoms with Gasteiger partial charge >= 0.3 is 5.97 Å². The second kappa shape index (κ2) is 5.95. The van der Waals surface area contributed by atoms with E-state index in [4.69, 9.17) is 5.11 Å². The molecule has 2 amide bonds. The van der Waals surface area contributed by atoms with Gasteiger partial charge in [0.05, 0.1) is 0 Å². The number of hydrogen-bond donors (Lipinski definition) is 2. The van der Waals surface area contributed by atoms with Gasteiger partial charge in [0, 0.05) is 12.1 Å². The second-order valence-corrected chi connectivity index (χ2v) is 5.45. The van der Waals surface area contributed by atoms with Crippen LogP contribution in [0.2, 0.25) is 0 Å². The molecule has 0 bridgehead atoms. The molecule has 0 aromatic heterocycles. The smallest absolute Gasteiger partial charge is 0.326 e. The van der Waals surface area contributed by atoms with E-state index in [1.54, 1.807) is 26.0 Å². The van der Waals surface area contributed by atoms with Gasteiger partial charge in [0.15, 0.2) is 0 Å². The molecule has 21 heavy (non-hydrogen) atoms. The van der Waals surface area contributed by atoms with Gasteiger partial charge in [-0.3, -0.25) is 9.59 Å². The van der Waals surface area contributed by atoms with Crippen LogP contribution in [-0.2, 0) is 16.1 Å². The highest BCUT2D eigenvalue weighted by molar-refractivity contribution is 6.00. The van der Waals surface area contributed by atoms with Gasteiger partial charge in [0.2, 0.25) is 5.91 Å². The summed E-state index contributed by atoms with van der Waals surface area (Å²) in [6.45, 7) is 3.68. The molecule has 6 nitrogen and oxygen atoms in total. The van der Waals surface area contributed by atoms with Crippen molar-refractivity contribution in [1.29, 1.82) is 0 Å². The van der Waals surface area contributed by atoms with Crippen LogP contribution in [0, 0.1) is 5.92 Å². The van der Waals surface area contributed by atoms with Gasteiger partial charge in [-0.15, -0.1) is 0 Å². The van der Waals surface area contributed by atoms with Crippen LogP contribution in [-0.4, -0.2) is 40.4 Å². The minimum absolute atomic E-state index is 0.135. The first-order valence-electron chi connectivity index (χ1n) is 6.79. The maximum Gasteiger partial charge on any atom is 0.326 e. The number of rotatable bonds is 5. The third-order valence-corrected chi connectivity index (χ3v) is 3.48. The maximum atomic E-state index is 12.1. The molecule has 0 fully saturated rings. The van der Waals surface area contributed by atoms with Gasteiger partial charge in [-0.25, -0.2) is 4.79 Å². The van der Waals surface area contributed by atoms with Crippen molar-refractivity contribution >= 4 is 17.8 Å². The Morgan fingerprint density at radius 2 is 2.00 bits per heavy atom. The monoisotopic (exact) mass is 290 g/mol. The summed E-state index contributed by atoms with van der Waals surface area (Å²) in [5.41, 5.74) is 1.48. The number of nitrogens with zero attached hydrogens (tertiary/aromatic N) is 1. The SMILES string of the molecule is CC(C)[C@@H](NC(=O)CN1Cc2ccccc2C1=O)C(=O)O. The van der Waals surface area contributed by atoms with Gasteiger partial charge < -0.3 is 15.3 Å². The Labute approximate surface area is 122 Å². The lowest BCUT2D eigenvalue weighted by molar-refractivity contribution is -0.143. The zero-order valence-electron chi connectivity index (χ0n) is 12.0. The quantitative estimate of drug-likeness (QED) is 0.842. The van der Waals surface area contributed by atoms with Crippen LogP contribution in [0.25, 0.3) is 0 Å². The minimum atomic E-state index is -1.07. The topological polar surface area (TPSA) is 86.7 Å². The fraction of sp³-hybridized carbons (Fsp3) is 0.400. The van der Waals surface area contributed by atoms with Gasteiger partial charge in [-0.05, 0) is 17.5 Å². The van der Waals surface area contributed by atoms with E-state index in [2.05, 4.69) is 5.32 Å². The van der Waals surface area contributed by atoms with Crippen LogP contribution in [0.1, 0.15) is 29.8 Å². The number of fused-ring (bicyclic) bond motifs is 1. The summed E-state index contributed by atoms with van der Waals surface area (Å²) >= 11 is 0. The Hall–Kier alpha value is -2.37. The normalized spacial score (nSPS) is 15.0. The van der Waals surface area contributed by atoms with Crippen LogP contribution in [0.15, 0.2) is 24.3 Å². The molecule has 0 saturated heterocycles. The molecular formula is C15H18N2O4. The Morgan fingerprint density at radius 1 is 1.33 bits per heavy atom. The Kier molecular flexibility index (Phi) is 4.26. The molecule has 112 valence electrons. The third kappa shape index (κ3) is 3.21. The number of carbonyl (C=O) groups excluding carboxylic acids is 2. The van der Waals surface area contributed by atoms with Crippen molar-refractivity contribution in [2.24, 2.45) is 5.92 Å². The first-order valence-corrected chi connectivity index (χ1v) is 6.79. The number of aliphatic carboxylic acids is 1. The van der Waals surface area contributed by atoms with E-state index in [0.29, 0.717) is 12.1 Å². The average molecular weight is 290 g/mol. The number of carboxylic acids is 1. The third-order valence-electron chi connectivity index (χ3n) is 3.48. The van der Waals surface area contributed by atoms with Gasteiger partial charge in [0.1, 0.15) is 12.6 Å². The molecule has 1 heterocycles. The number of nitrogens with one attached hydrogen (secondary N) is 1. The fourth-order valence-electron chi connectivity index (χ4n) is 2.35. The predicted octanol–water partition coefficient (Wildman–Crippen LogP) is 0.868. The first-order chi connectivity index (χ1) is 9.90. The van der Waals surface area contributed by atoms with Crippen molar-refractivity contribution in [3.63, 3.8) is 0 Å². The van der Waals surface area contributed by atoms with Crippen molar-refractivity contribution < 1.29 is 19.5 Å². The van der Waals surface area contributed by atoms with Crippen LogP contribution in [0.3, 0.4) is 0 Å². The van der Waals surface area contributed by atoms with E-state index in [1.165, 1.54) is 4.90 Å². The molecule has 0 unspecified atom stereocenters. The van der Waals surface area contributed by atoms with E-state index in [1.807, 2.05) is 12.1 Å².